The molecule has 0 saturated carbocycles. The van der Waals surface area contributed by atoms with Crippen LogP contribution in [0.1, 0.15) is 310 Å². The summed E-state index contributed by atoms with van der Waals surface area (Å²) in [6.45, 7) is 6.94. The molecule has 0 radical (unpaired) electrons. The van der Waals surface area contributed by atoms with Crippen LogP contribution in [0.3, 0.4) is 0 Å². The molecule has 436 valence electrons. The van der Waals surface area contributed by atoms with Gasteiger partial charge in [0.1, 0.15) is 19.3 Å². The number of phosphoric ester groups is 1. The number of nitrogens with one attached hydrogen (secondary N) is 1. The number of nitrogens with zero attached hydrogens (tertiary/aromatic N) is 1. The number of esters is 1. The Hall–Kier alpha value is -1.77. The van der Waals surface area contributed by atoms with Crippen LogP contribution >= 0.6 is 7.82 Å². The van der Waals surface area contributed by atoms with Gasteiger partial charge in [0, 0.05) is 12.8 Å². The Morgan fingerprint density at radius 1 is 0.486 bits per heavy atom. The lowest BCUT2D eigenvalue weighted by molar-refractivity contribution is -0.870. The van der Waals surface area contributed by atoms with Crippen molar-refractivity contribution in [3.63, 3.8) is 0 Å². The van der Waals surface area contributed by atoms with Gasteiger partial charge in [-0.25, -0.2) is 4.57 Å². The van der Waals surface area contributed by atoms with Crippen LogP contribution in [0, 0.1) is 0 Å². The number of hydrogen-bond donors (Lipinski definition) is 2. The minimum atomic E-state index is -4.45. The lowest BCUT2D eigenvalue weighted by atomic mass is 10.0. The minimum Gasteiger partial charge on any atom is -0.456 e. The minimum absolute atomic E-state index is 0.0408. The number of phosphoric acid groups is 1. The molecule has 10 heteroatoms. The third-order valence-electron chi connectivity index (χ3n) is 14.3. The van der Waals surface area contributed by atoms with Gasteiger partial charge < -0.3 is 19.4 Å². The lowest BCUT2D eigenvalue weighted by Gasteiger charge is -2.27. The highest BCUT2D eigenvalue weighted by Crippen LogP contribution is 2.43. The van der Waals surface area contributed by atoms with Crippen LogP contribution in [0.2, 0.25) is 0 Å². The van der Waals surface area contributed by atoms with Crippen LogP contribution in [-0.2, 0) is 27.9 Å². The third kappa shape index (κ3) is 55.0. The van der Waals surface area contributed by atoms with E-state index in [0.717, 1.165) is 83.5 Å². The summed E-state index contributed by atoms with van der Waals surface area (Å²) < 4.78 is 30.7. The SMILES string of the molecule is CC/C=C/C/C=C/CCCCCCCCCC(=O)NC(COP(=O)(O)OCC[N+](C)(C)C)C(/C=C\CCCCCCCCCCCCC)OC(=O)CCCCCCCCCCCCCCCCCCCCCCC. The predicted octanol–water partition coefficient (Wildman–Crippen LogP) is 19.5. The van der Waals surface area contributed by atoms with Gasteiger partial charge >= 0.3 is 13.8 Å². The van der Waals surface area contributed by atoms with E-state index in [1.807, 2.05) is 33.3 Å². The molecule has 0 aliphatic rings. The number of amides is 1. The van der Waals surface area contributed by atoms with E-state index < -0.39 is 20.0 Å². The van der Waals surface area contributed by atoms with Crippen molar-refractivity contribution >= 4 is 19.7 Å². The van der Waals surface area contributed by atoms with Crippen molar-refractivity contribution < 1.29 is 37.3 Å². The molecular weight excluding hydrogens is 940 g/mol. The Morgan fingerprint density at radius 2 is 0.865 bits per heavy atom. The maximum atomic E-state index is 13.5. The van der Waals surface area contributed by atoms with Crippen molar-refractivity contribution in [3.8, 4) is 0 Å². The van der Waals surface area contributed by atoms with E-state index in [1.165, 1.54) is 193 Å². The molecule has 0 saturated heterocycles. The Morgan fingerprint density at radius 3 is 1.28 bits per heavy atom. The Bertz CT molecular complexity index is 1360. The Kier molecular flexibility index (Phi) is 53.3. The molecule has 0 heterocycles. The fourth-order valence-corrected chi connectivity index (χ4v) is 10.2. The Labute approximate surface area is 459 Å². The summed E-state index contributed by atoms with van der Waals surface area (Å²) in [6, 6.07) is -0.848. The zero-order valence-electron chi connectivity index (χ0n) is 49.9. The second kappa shape index (κ2) is 54.6. The van der Waals surface area contributed by atoms with E-state index in [-0.39, 0.29) is 25.1 Å². The van der Waals surface area contributed by atoms with Gasteiger partial charge in [-0.3, -0.25) is 18.6 Å². The molecule has 0 aliphatic carbocycles. The smallest absolute Gasteiger partial charge is 0.456 e. The Balaban J connectivity index is 5.19. The van der Waals surface area contributed by atoms with Gasteiger partial charge in [0.15, 0.2) is 0 Å². The molecule has 0 fully saturated rings. The number of likely N-dealkylation sites (N-methyl/N-ethyl adjacent to an activating group) is 1. The topological polar surface area (TPSA) is 111 Å². The molecule has 0 rings (SSSR count). The van der Waals surface area contributed by atoms with E-state index in [9.17, 15) is 19.0 Å². The van der Waals surface area contributed by atoms with Gasteiger partial charge in [0.25, 0.3) is 0 Å². The van der Waals surface area contributed by atoms with E-state index >= 15 is 0 Å². The first-order valence-electron chi connectivity index (χ1n) is 31.8. The summed E-state index contributed by atoms with van der Waals surface area (Å²) in [5, 5.41) is 3.06. The summed E-state index contributed by atoms with van der Waals surface area (Å²) in [6.07, 6.45) is 65.7. The zero-order valence-corrected chi connectivity index (χ0v) is 50.7. The van der Waals surface area contributed by atoms with E-state index in [2.05, 4.69) is 50.4 Å². The quantitative estimate of drug-likeness (QED) is 0.0205. The fraction of sp³-hybridized carbons (Fsp3) is 0.875. The second-order valence-corrected chi connectivity index (χ2v) is 24.4. The van der Waals surface area contributed by atoms with Crippen molar-refractivity contribution in [3.05, 3.63) is 36.5 Å². The average molecular weight is 1060 g/mol. The van der Waals surface area contributed by atoms with Gasteiger partial charge in [-0.05, 0) is 57.4 Å². The highest BCUT2D eigenvalue weighted by atomic mass is 31.2. The summed E-state index contributed by atoms with van der Waals surface area (Å²) >= 11 is 0. The predicted molar refractivity (Wildman–Crippen MR) is 319 cm³/mol. The van der Waals surface area contributed by atoms with E-state index in [4.69, 9.17) is 13.8 Å². The van der Waals surface area contributed by atoms with Crippen LogP contribution in [0.5, 0.6) is 0 Å². The molecule has 9 nitrogen and oxygen atoms in total. The van der Waals surface area contributed by atoms with Gasteiger partial charge in [0.2, 0.25) is 5.91 Å². The summed E-state index contributed by atoms with van der Waals surface area (Å²) in [7, 11) is 1.50. The first kappa shape index (κ1) is 72.2. The van der Waals surface area contributed by atoms with Gasteiger partial charge in [-0.2, -0.15) is 0 Å². The third-order valence-corrected chi connectivity index (χ3v) is 15.3. The monoisotopic (exact) mass is 1060 g/mol. The number of hydrogen-bond acceptors (Lipinski definition) is 6. The molecule has 0 aromatic heterocycles. The van der Waals surface area contributed by atoms with Crippen molar-refractivity contribution in [2.45, 2.75) is 322 Å². The number of carbonyl (C=O) groups is 2. The molecule has 3 unspecified atom stereocenters. The van der Waals surface area contributed by atoms with E-state index in [1.54, 1.807) is 0 Å². The van der Waals surface area contributed by atoms with Gasteiger partial charge in [-0.1, -0.05) is 276 Å². The molecule has 0 aliphatic heterocycles. The summed E-state index contributed by atoms with van der Waals surface area (Å²) in [5.41, 5.74) is 0. The van der Waals surface area contributed by atoms with Crippen molar-refractivity contribution in [1.29, 1.82) is 0 Å². The molecular formula is C64H124N2O7P+. The summed E-state index contributed by atoms with van der Waals surface area (Å²) in [5.74, 6) is -0.500. The number of quaternary nitrogens is 1. The first-order valence-corrected chi connectivity index (χ1v) is 33.3. The second-order valence-electron chi connectivity index (χ2n) is 22.9. The molecule has 3 atom stereocenters. The first-order chi connectivity index (χ1) is 35.9. The van der Waals surface area contributed by atoms with Crippen molar-refractivity contribution in [2.24, 2.45) is 0 Å². The lowest BCUT2D eigenvalue weighted by Crippen LogP contribution is -2.47. The van der Waals surface area contributed by atoms with E-state index in [0.29, 0.717) is 23.9 Å². The average Bonchev–Trinajstić information content (AvgIpc) is 3.36. The number of ether oxygens (including phenoxy) is 1. The van der Waals surface area contributed by atoms with Crippen LogP contribution < -0.4 is 5.32 Å². The maximum absolute atomic E-state index is 13.5. The summed E-state index contributed by atoms with van der Waals surface area (Å²) in [4.78, 5) is 37.7. The van der Waals surface area contributed by atoms with Crippen LogP contribution in [0.25, 0.3) is 0 Å². The van der Waals surface area contributed by atoms with Gasteiger partial charge in [-0.15, -0.1) is 0 Å². The number of unbranched alkanes of at least 4 members (excludes halogenated alkanes) is 38. The largest absolute Gasteiger partial charge is 0.472 e. The van der Waals surface area contributed by atoms with Crippen LogP contribution in [0.4, 0.5) is 0 Å². The highest BCUT2D eigenvalue weighted by molar-refractivity contribution is 7.47. The van der Waals surface area contributed by atoms with Crippen molar-refractivity contribution in [1.82, 2.24) is 5.32 Å². The molecule has 2 N–H and O–H groups in total. The number of carbonyl (C=O) groups excluding carboxylic acids is 2. The fourth-order valence-electron chi connectivity index (χ4n) is 9.45. The number of rotatable bonds is 58. The highest BCUT2D eigenvalue weighted by Gasteiger charge is 2.30. The molecule has 0 bridgehead atoms. The molecule has 74 heavy (non-hydrogen) atoms. The van der Waals surface area contributed by atoms with Crippen LogP contribution in [0.15, 0.2) is 36.5 Å². The molecule has 0 aromatic carbocycles. The molecule has 0 aromatic rings. The van der Waals surface area contributed by atoms with Crippen molar-refractivity contribution in [2.75, 3.05) is 40.9 Å². The number of allylic oxidation sites excluding steroid dienone is 5. The van der Waals surface area contributed by atoms with Gasteiger partial charge in [0.05, 0.1) is 33.8 Å². The normalized spacial score (nSPS) is 13.9. The standard InChI is InChI=1S/C64H123N2O7P/c1-7-10-13-16-19-22-25-28-30-31-32-33-34-35-36-39-42-45-48-51-54-57-64(68)73-62(55-52-49-46-43-40-37-27-24-21-18-15-12-9-3)61(60-72-74(69,70)71-59-58-66(4,5)6)65-63(67)56-53-50-47-44-41-38-29-26-23-20-17-14-11-8-2/h11,14,20,23,52,55,61-62H,7-10,12-13,15-19,21-22,24-51,53-54,56-60H2,1-6H3,(H-,65,67,69,70)/p+1/b14-11+,23-20+,55-52-. The zero-order chi connectivity index (χ0) is 54.3. The molecule has 0 spiro atoms. The maximum Gasteiger partial charge on any atom is 0.472 e. The molecule has 1 amide bonds. The van der Waals surface area contributed by atoms with Crippen LogP contribution in [-0.4, -0.2) is 74.3 Å².